The van der Waals surface area contributed by atoms with Crippen LogP contribution in [0.3, 0.4) is 0 Å². The van der Waals surface area contributed by atoms with Gasteiger partial charge in [-0.3, -0.25) is 4.79 Å². The van der Waals surface area contributed by atoms with Crippen LogP contribution < -0.4 is 9.98 Å². The van der Waals surface area contributed by atoms with Gasteiger partial charge in [0.15, 0.2) is 12.1 Å². The van der Waals surface area contributed by atoms with Gasteiger partial charge >= 0.3 is 11.9 Å². The lowest BCUT2D eigenvalue weighted by Crippen LogP contribution is -2.38. The van der Waals surface area contributed by atoms with E-state index in [1.165, 1.54) is 0 Å². The molecule has 0 fully saturated rings. The molecule has 0 saturated heterocycles. The van der Waals surface area contributed by atoms with E-state index in [0.29, 0.717) is 13.0 Å². The molecule has 2 aromatic rings. The molecule has 3 atom stereocenters. The van der Waals surface area contributed by atoms with E-state index in [1.54, 1.807) is 6.92 Å². The summed E-state index contributed by atoms with van der Waals surface area (Å²) in [6, 6.07) is 16.9. The molecule has 0 spiro atoms. The molecule has 0 heterocycles. The molecule has 0 amide bonds. The summed E-state index contributed by atoms with van der Waals surface area (Å²) < 4.78 is 14.6. The molecule has 3 unspecified atom stereocenters. The van der Waals surface area contributed by atoms with Crippen molar-refractivity contribution in [2.75, 3.05) is 13.2 Å². The summed E-state index contributed by atoms with van der Waals surface area (Å²) in [6.45, 7) is 4.22. The highest BCUT2D eigenvalue weighted by Crippen LogP contribution is 2.19. The topological polar surface area (TPSA) is 100 Å². The maximum atomic E-state index is 12.8. The highest BCUT2D eigenvalue weighted by atomic mass is 31.1. The van der Waals surface area contributed by atoms with E-state index in [-0.39, 0.29) is 13.0 Å². The number of nitrogens with zero attached hydrogens (tertiary/aromatic N) is 1. The SMILES string of the molecule is CCCCOC(=O)C(Cc1ccccc1)/N=[P+](\[O-])NC(Cc1ccccc1)C(=O)OCC. The van der Waals surface area contributed by atoms with Gasteiger partial charge in [-0.05, 0) is 24.5 Å². The van der Waals surface area contributed by atoms with E-state index >= 15 is 0 Å². The summed E-state index contributed by atoms with van der Waals surface area (Å²) in [4.78, 5) is 37.9. The van der Waals surface area contributed by atoms with Crippen LogP contribution in [-0.2, 0) is 31.9 Å². The summed E-state index contributed by atoms with van der Waals surface area (Å²) in [6.07, 6.45) is 2.19. The minimum atomic E-state index is -2.42. The van der Waals surface area contributed by atoms with Gasteiger partial charge in [0.25, 0.3) is 8.09 Å². The zero-order chi connectivity index (χ0) is 23.2. The molecule has 0 aliphatic rings. The first kappa shape index (κ1) is 25.7. The van der Waals surface area contributed by atoms with Crippen molar-refractivity contribution in [3.63, 3.8) is 0 Å². The molecule has 0 aliphatic carbocycles. The van der Waals surface area contributed by atoms with E-state index in [2.05, 4.69) is 9.83 Å². The molecule has 2 rings (SSSR count). The monoisotopic (exact) mass is 458 g/mol. The fourth-order valence-corrected chi connectivity index (χ4v) is 3.95. The summed E-state index contributed by atoms with van der Waals surface area (Å²) in [5, 5.41) is 2.75. The molecule has 7 nitrogen and oxygen atoms in total. The number of nitrogens with one attached hydrogen (secondary N) is 1. The van der Waals surface area contributed by atoms with Crippen LogP contribution >= 0.6 is 8.09 Å². The van der Waals surface area contributed by atoms with Crippen molar-refractivity contribution in [1.82, 2.24) is 5.09 Å². The molecular weight excluding hydrogens is 427 g/mol. The minimum Gasteiger partial charge on any atom is -0.595 e. The van der Waals surface area contributed by atoms with Crippen LogP contribution in [-0.4, -0.2) is 37.2 Å². The maximum Gasteiger partial charge on any atom is 0.335 e. The molecule has 1 N–H and O–H groups in total. The van der Waals surface area contributed by atoms with Gasteiger partial charge in [-0.25, -0.2) is 4.79 Å². The Kier molecular flexibility index (Phi) is 11.6. The lowest BCUT2D eigenvalue weighted by molar-refractivity contribution is -0.162. The number of hydrogen-bond acceptors (Lipinski definition) is 6. The lowest BCUT2D eigenvalue weighted by atomic mass is 10.1. The molecule has 0 aromatic heterocycles. The van der Waals surface area contributed by atoms with Crippen LogP contribution in [0, 0.1) is 0 Å². The number of ether oxygens (including phenoxy) is 2. The molecule has 8 heteroatoms. The van der Waals surface area contributed by atoms with Crippen molar-refractivity contribution < 1.29 is 24.0 Å². The maximum absolute atomic E-state index is 12.8. The van der Waals surface area contributed by atoms with Crippen molar-refractivity contribution in [3.8, 4) is 0 Å². The Labute approximate surface area is 190 Å². The Morgan fingerprint density at radius 2 is 1.53 bits per heavy atom. The highest BCUT2D eigenvalue weighted by molar-refractivity contribution is 7.37. The Morgan fingerprint density at radius 1 is 0.938 bits per heavy atom. The zero-order valence-electron chi connectivity index (χ0n) is 18.6. The molecule has 0 bridgehead atoms. The Morgan fingerprint density at radius 3 is 2.09 bits per heavy atom. The third kappa shape index (κ3) is 9.27. The van der Waals surface area contributed by atoms with E-state index in [4.69, 9.17) is 9.47 Å². The molecular formula is C24H31N2O5P. The van der Waals surface area contributed by atoms with Crippen molar-refractivity contribution in [1.29, 1.82) is 0 Å². The first-order chi connectivity index (χ1) is 15.5. The third-order valence-electron chi connectivity index (χ3n) is 4.65. The van der Waals surface area contributed by atoms with Crippen molar-refractivity contribution in [2.24, 2.45) is 4.74 Å². The van der Waals surface area contributed by atoms with Gasteiger partial charge in [-0.15, -0.1) is 5.09 Å². The van der Waals surface area contributed by atoms with Gasteiger partial charge in [-0.2, -0.15) is 0 Å². The largest absolute Gasteiger partial charge is 0.595 e. The normalized spacial score (nSPS) is 13.3. The van der Waals surface area contributed by atoms with Crippen molar-refractivity contribution >= 4 is 20.0 Å². The second kappa shape index (κ2) is 14.5. The van der Waals surface area contributed by atoms with Gasteiger partial charge in [0.2, 0.25) is 0 Å². The zero-order valence-corrected chi connectivity index (χ0v) is 19.5. The smallest absolute Gasteiger partial charge is 0.335 e. The average Bonchev–Trinajstić information content (AvgIpc) is 2.80. The first-order valence-corrected chi connectivity index (χ1v) is 12.1. The van der Waals surface area contributed by atoms with Crippen molar-refractivity contribution in [3.05, 3.63) is 71.8 Å². The molecule has 32 heavy (non-hydrogen) atoms. The Hall–Kier alpha value is -2.60. The molecule has 0 saturated carbocycles. The van der Waals surface area contributed by atoms with Gasteiger partial charge in [0.05, 0.1) is 13.2 Å². The second-order valence-corrected chi connectivity index (χ2v) is 8.27. The first-order valence-electron chi connectivity index (χ1n) is 10.9. The predicted molar refractivity (Wildman–Crippen MR) is 123 cm³/mol. The lowest BCUT2D eigenvalue weighted by Gasteiger charge is -2.15. The molecule has 0 aliphatic heterocycles. The number of unbranched alkanes of at least 4 members (excludes halogenated alkanes) is 1. The number of hydrogen-bond donors (Lipinski definition) is 1. The van der Waals surface area contributed by atoms with Crippen LogP contribution in [0.15, 0.2) is 65.4 Å². The number of benzene rings is 2. The second-order valence-electron chi connectivity index (χ2n) is 7.24. The van der Waals surface area contributed by atoms with Crippen LogP contribution in [0.5, 0.6) is 0 Å². The van der Waals surface area contributed by atoms with E-state index in [1.807, 2.05) is 67.6 Å². The Bertz CT molecular complexity index is 861. The number of carbonyl (C=O) groups excluding carboxylic acids is 2. The minimum absolute atomic E-state index is 0.208. The Balaban J connectivity index is 2.17. The van der Waals surface area contributed by atoms with Gasteiger partial charge in [0.1, 0.15) is 0 Å². The fourth-order valence-electron chi connectivity index (χ4n) is 2.99. The van der Waals surface area contributed by atoms with Crippen LogP contribution in [0.25, 0.3) is 0 Å². The third-order valence-corrected chi connectivity index (χ3v) is 5.67. The molecule has 0 radical (unpaired) electrons. The summed E-state index contributed by atoms with van der Waals surface area (Å²) >= 11 is 0. The van der Waals surface area contributed by atoms with Gasteiger partial charge in [0, 0.05) is 12.8 Å². The van der Waals surface area contributed by atoms with Crippen LogP contribution in [0.1, 0.15) is 37.8 Å². The molecule has 172 valence electrons. The molecule has 2 aromatic carbocycles. The average molecular weight is 458 g/mol. The van der Waals surface area contributed by atoms with Crippen LogP contribution in [0.2, 0.25) is 0 Å². The highest BCUT2D eigenvalue weighted by Gasteiger charge is 2.28. The standard InChI is InChI=1S/C24H31N2O5P/c1-3-5-16-31-24(28)22(18-20-14-10-7-11-15-20)26-32(29)25-21(23(27)30-4-2)17-19-12-8-6-9-13-19/h6-15,21-22H,3-5,16-18H2,1-2H3,(H,25,26). The summed E-state index contributed by atoms with van der Waals surface area (Å²) in [5.41, 5.74) is 1.77. The number of rotatable bonds is 13. The number of carbonyl (C=O) groups is 2. The van der Waals surface area contributed by atoms with Crippen molar-refractivity contribution in [2.45, 2.75) is 51.6 Å². The fraction of sp³-hybridized carbons (Fsp3) is 0.417. The predicted octanol–water partition coefficient (Wildman–Crippen LogP) is 3.56. The summed E-state index contributed by atoms with van der Waals surface area (Å²) in [5.74, 6) is -1.04. The van der Waals surface area contributed by atoms with Gasteiger partial charge in [-0.1, -0.05) is 78.8 Å². The van der Waals surface area contributed by atoms with E-state index in [0.717, 1.165) is 24.0 Å². The van der Waals surface area contributed by atoms with Crippen LogP contribution in [0.4, 0.5) is 0 Å². The summed E-state index contributed by atoms with van der Waals surface area (Å²) in [7, 11) is -2.42. The van der Waals surface area contributed by atoms with E-state index in [9.17, 15) is 14.5 Å². The van der Waals surface area contributed by atoms with Gasteiger partial charge < -0.3 is 14.4 Å². The number of esters is 2. The van der Waals surface area contributed by atoms with E-state index < -0.39 is 32.1 Å². The quantitative estimate of drug-likeness (QED) is 0.280.